The number of esters is 1. The molecule has 0 spiro atoms. The first kappa shape index (κ1) is 27.3. The largest absolute Gasteiger partial charge is 0.493 e. The van der Waals surface area contributed by atoms with Gasteiger partial charge >= 0.3 is 5.97 Å². The van der Waals surface area contributed by atoms with Gasteiger partial charge in [0.2, 0.25) is 0 Å². The van der Waals surface area contributed by atoms with E-state index in [0.29, 0.717) is 38.9 Å². The number of ether oxygens (including phenoxy) is 2. The van der Waals surface area contributed by atoms with Crippen LogP contribution in [0.1, 0.15) is 61.9 Å². The maximum atomic E-state index is 14.1. The Bertz CT molecular complexity index is 1730. The minimum Gasteiger partial charge on any atom is -0.493 e. The molecule has 0 N–H and O–H groups in total. The summed E-state index contributed by atoms with van der Waals surface area (Å²) < 4.78 is 13.5. The van der Waals surface area contributed by atoms with Crippen LogP contribution in [0.2, 0.25) is 0 Å². The number of benzene rings is 3. The summed E-state index contributed by atoms with van der Waals surface area (Å²) in [5, 5.41) is 0. The molecule has 6 nitrogen and oxygen atoms in total. The third-order valence-corrected chi connectivity index (χ3v) is 7.78. The predicted octanol–water partition coefficient (Wildman–Crippen LogP) is 5.46. The molecule has 1 aromatic heterocycles. The van der Waals surface area contributed by atoms with Crippen molar-refractivity contribution in [2.24, 2.45) is 4.99 Å². The predicted molar refractivity (Wildman–Crippen MR) is 159 cm³/mol. The van der Waals surface area contributed by atoms with Crippen molar-refractivity contribution in [3.63, 3.8) is 0 Å². The fourth-order valence-electron chi connectivity index (χ4n) is 4.85. The van der Waals surface area contributed by atoms with Crippen LogP contribution in [-0.2, 0) is 9.53 Å². The lowest BCUT2D eigenvalue weighted by Crippen LogP contribution is -2.40. The van der Waals surface area contributed by atoms with E-state index in [4.69, 9.17) is 14.5 Å². The molecule has 1 atom stereocenters. The highest BCUT2D eigenvalue weighted by Crippen LogP contribution is 2.35. The molecule has 2 heterocycles. The standard InChI is InChI=1S/C33H32N2O4S/c1-5-38-26-15-11-10-14-25(26)20-27-31(36)35-30(24-18-16-22(17-19-24)21(3)4)28(32(37)39-6-2)29(34-33(35)40-27)23-12-8-7-9-13-23/h7-21,30H,5-6H2,1-4H3/b27-20-/t30-/m1/s1. The summed E-state index contributed by atoms with van der Waals surface area (Å²) in [5.41, 5.74) is 4.22. The summed E-state index contributed by atoms with van der Waals surface area (Å²) in [6.07, 6.45) is 1.84. The third-order valence-electron chi connectivity index (χ3n) is 6.80. The van der Waals surface area contributed by atoms with Crippen molar-refractivity contribution in [2.45, 2.75) is 39.7 Å². The van der Waals surface area contributed by atoms with Gasteiger partial charge in [0.1, 0.15) is 5.75 Å². The van der Waals surface area contributed by atoms with Crippen molar-refractivity contribution in [1.82, 2.24) is 4.57 Å². The normalized spacial score (nSPS) is 15.1. The Hall–Kier alpha value is -4.23. The number of carbonyl (C=O) groups excluding carboxylic acids is 1. The highest BCUT2D eigenvalue weighted by atomic mass is 32.1. The molecule has 0 aliphatic carbocycles. The monoisotopic (exact) mass is 552 g/mol. The average molecular weight is 553 g/mol. The Balaban J connectivity index is 1.81. The molecule has 1 aliphatic rings. The summed E-state index contributed by atoms with van der Waals surface area (Å²) in [7, 11) is 0. The average Bonchev–Trinajstić information content (AvgIpc) is 3.28. The van der Waals surface area contributed by atoms with E-state index in [0.717, 1.165) is 16.7 Å². The van der Waals surface area contributed by atoms with Crippen LogP contribution in [0.5, 0.6) is 5.75 Å². The number of para-hydroxylation sites is 1. The molecule has 0 fully saturated rings. The zero-order valence-electron chi connectivity index (χ0n) is 23.1. The van der Waals surface area contributed by atoms with E-state index < -0.39 is 12.0 Å². The number of hydrogen-bond acceptors (Lipinski definition) is 6. The Kier molecular flexibility index (Phi) is 8.12. The Labute approximate surface area is 237 Å². The van der Waals surface area contributed by atoms with Crippen molar-refractivity contribution >= 4 is 29.1 Å². The van der Waals surface area contributed by atoms with Gasteiger partial charge in [0.25, 0.3) is 5.56 Å². The molecular weight excluding hydrogens is 520 g/mol. The quantitative estimate of drug-likeness (QED) is 0.272. The minimum atomic E-state index is -0.698. The molecule has 0 saturated carbocycles. The molecule has 0 unspecified atom stereocenters. The fraction of sp³-hybridized carbons (Fsp3) is 0.242. The number of rotatable bonds is 8. The lowest BCUT2D eigenvalue weighted by atomic mass is 9.91. The molecule has 0 saturated heterocycles. The first-order valence-electron chi connectivity index (χ1n) is 13.5. The molecule has 4 aromatic rings. The number of fused-ring (bicyclic) bond motifs is 1. The number of carbonyl (C=O) groups is 1. The van der Waals surface area contributed by atoms with Gasteiger partial charge in [-0.25, -0.2) is 9.79 Å². The number of thiazole rings is 1. The van der Waals surface area contributed by atoms with Crippen molar-refractivity contribution in [3.8, 4) is 5.75 Å². The topological polar surface area (TPSA) is 69.9 Å². The van der Waals surface area contributed by atoms with E-state index >= 15 is 0 Å². The summed E-state index contributed by atoms with van der Waals surface area (Å²) >= 11 is 1.30. The van der Waals surface area contributed by atoms with Crippen LogP contribution in [-0.4, -0.2) is 23.8 Å². The summed E-state index contributed by atoms with van der Waals surface area (Å²) in [5.74, 6) is 0.564. The van der Waals surface area contributed by atoms with Gasteiger partial charge in [0.15, 0.2) is 4.80 Å². The second kappa shape index (κ2) is 11.9. The maximum Gasteiger partial charge on any atom is 0.338 e. The molecular formula is C33H32N2O4S. The van der Waals surface area contributed by atoms with Crippen LogP contribution in [0, 0.1) is 0 Å². The van der Waals surface area contributed by atoms with Crippen LogP contribution in [0.3, 0.4) is 0 Å². The van der Waals surface area contributed by atoms with Crippen LogP contribution < -0.4 is 19.6 Å². The van der Waals surface area contributed by atoms with Crippen LogP contribution in [0.4, 0.5) is 0 Å². The number of aromatic nitrogens is 1. The van der Waals surface area contributed by atoms with Crippen molar-refractivity contribution in [3.05, 3.63) is 126 Å². The van der Waals surface area contributed by atoms with Crippen LogP contribution in [0.25, 0.3) is 11.8 Å². The Morgan fingerprint density at radius 1 is 0.975 bits per heavy atom. The van der Waals surface area contributed by atoms with E-state index in [2.05, 4.69) is 26.0 Å². The lowest BCUT2D eigenvalue weighted by molar-refractivity contribution is -0.138. The second-order valence-electron chi connectivity index (χ2n) is 9.72. The SMILES string of the molecule is CCOC(=O)C1=C(c2ccccc2)N=c2s/c(=C\c3ccccc3OCC)c(=O)n2[C@@H]1c1ccc(C(C)C)cc1. The third kappa shape index (κ3) is 5.29. The summed E-state index contributed by atoms with van der Waals surface area (Å²) in [6, 6.07) is 24.6. The molecule has 0 bridgehead atoms. The highest BCUT2D eigenvalue weighted by molar-refractivity contribution is 7.07. The first-order chi connectivity index (χ1) is 19.4. The van der Waals surface area contributed by atoms with Gasteiger partial charge in [0.05, 0.1) is 35.1 Å². The molecule has 1 aliphatic heterocycles. The smallest absolute Gasteiger partial charge is 0.338 e. The molecule has 3 aromatic carbocycles. The van der Waals surface area contributed by atoms with Crippen LogP contribution in [0.15, 0.2) is 94.2 Å². The van der Waals surface area contributed by atoms with E-state index in [9.17, 15) is 9.59 Å². The fourth-order valence-corrected chi connectivity index (χ4v) is 5.84. The molecule has 5 rings (SSSR count). The van der Waals surface area contributed by atoms with E-state index in [1.165, 1.54) is 16.9 Å². The van der Waals surface area contributed by atoms with Gasteiger partial charge in [-0.3, -0.25) is 9.36 Å². The molecule has 0 amide bonds. The second-order valence-corrected chi connectivity index (χ2v) is 10.7. The van der Waals surface area contributed by atoms with Gasteiger partial charge < -0.3 is 9.47 Å². The summed E-state index contributed by atoms with van der Waals surface area (Å²) in [4.78, 5) is 33.1. The zero-order chi connectivity index (χ0) is 28.2. The van der Waals surface area contributed by atoms with Gasteiger partial charge in [-0.15, -0.1) is 0 Å². The summed E-state index contributed by atoms with van der Waals surface area (Å²) in [6.45, 7) is 8.70. The Morgan fingerprint density at radius 2 is 1.68 bits per heavy atom. The van der Waals surface area contributed by atoms with Gasteiger partial charge in [-0.2, -0.15) is 0 Å². The maximum absolute atomic E-state index is 14.1. The van der Waals surface area contributed by atoms with E-state index in [-0.39, 0.29) is 12.2 Å². The van der Waals surface area contributed by atoms with Crippen molar-refractivity contribution in [1.29, 1.82) is 0 Å². The Morgan fingerprint density at radius 3 is 2.35 bits per heavy atom. The van der Waals surface area contributed by atoms with Gasteiger partial charge in [0, 0.05) is 11.1 Å². The molecule has 40 heavy (non-hydrogen) atoms. The zero-order valence-corrected chi connectivity index (χ0v) is 23.9. The first-order valence-corrected chi connectivity index (χ1v) is 14.3. The van der Waals surface area contributed by atoms with Crippen LogP contribution >= 0.6 is 11.3 Å². The van der Waals surface area contributed by atoms with E-state index in [1.54, 1.807) is 11.5 Å². The number of nitrogens with zero attached hydrogens (tertiary/aromatic N) is 2. The molecule has 7 heteroatoms. The minimum absolute atomic E-state index is 0.210. The van der Waals surface area contributed by atoms with Gasteiger partial charge in [-0.1, -0.05) is 98.0 Å². The molecule has 0 radical (unpaired) electrons. The highest BCUT2D eigenvalue weighted by Gasteiger charge is 2.35. The lowest BCUT2D eigenvalue weighted by Gasteiger charge is -2.26. The molecule has 204 valence electrons. The number of hydrogen-bond donors (Lipinski definition) is 0. The van der Waals surface area contributed by atoms with Crippen molar-refractivity contribution < 1.29 is 14.3 Å². The van der Waals surface area contributed by atoms with Gasteiger partial charge in [-0.05, 0) is 43.0 Å². The van der Waals surface area contributed by atoms with Crippen molar-refractivity contribution in [2.75, 3.05) is 13.2 Å². The van der Waals surface area contributed by atoms with E-state index in [1.807, 2.05) is 79.7 Å².